The van der Waals surface area contributed by atoms with Crippen molar-refractivity contribution in [2.45, 2.75) is 33.1 Å². The maximum atomic E-state index is 12.3. The molecule has 0 saturated heterocycles. The van der Waals surface area contributed by atoms with E-state index in [4.69, 9.17) is 9.47 Å². The van der Waals surface area contributed by atoms with E-state index in [1.165, 1.54) is 11.9 Å². The molecule has 31 heavy (non-hydrogen) atoms. The quantitative estimate of drug-likeness (QED) is 0.438. The number of carbonyl (C=O) groups is 3. The van der Waals surface area contributed by atoms with Gasteiger partial charge in [0.2, 0.25) is 5.91 Å². The molecule has 2 rings (SSSR count). The summed E-state index contributed by atoms with van der Waals surface area (Å²) >= 11 is 0. The summed E-state index contributed by atoms with van der Waals surface area (Å²) in [6, 6.07) is 14.1. The maximum absolute atomic E-state index is 12.3. The lowest BCUT2D eigenvalue weighted by atomic mass is 10.1. The van der Waals surface area contributed by atoms with Crippen LogP contribution in [0.1, 0.15) is 42.6 Å². The number of hydrogen-bond donors (Lipinski definition) is 1. The van der Waals surface area contributed by atoms with Crippen molar-refractivity contribution in [3.8, 4) is 5.75 Å². The zero-order chi connectivity index (χ0) is 22.6. The predicted molar refractivity (Wildman–Crippen MR) is 119 cm³/mol. The Hall–Kier alpha value is -3.35. The molecular formula is C24H30N2O5. The minimum Gasteiger partial charge on any atom is -0.494 e. The number of esters is 1. The number of amides is 2. The number of likely N-dealkylation sites (N-methyl/N-ethyl adjacent to an activating group) is 1. The van der Waals surface area contributed by atoms with E-state index in [1.807, 2.05) is 31.2 Å². The molecule has 0 atom stereocenters. The summed E-state index contributed by atoms with van der Waals surface area (Å²) in [6.07, 6.45) is 2.79. The fourth-order valence-corrected chi connectivity index (χ4v) is 2.79. The zero-order valence-corrected chi connectivity index (χ0v) is 18.3. The molecule has 0 aliphatic rings. The lowest BCUT2D eigenvalue weighted by Crippen LogP contribution is -2.37. The van der Waals surface area contributed by atoms with Crippen LogP contribution < -0.4 is 10.1 Å². The molecule has 0 radical (unpaired) electrons. The summed E-state index contributed by atoms with van der Waals surface area (Å²) < 4.78 is 10.6. The molecule has 1 N–H and O–H groups in total. The van der Waals surface area contributed by atoms with Crippen LogP contribution in [0.3, 0.4) is 0 Å². The Kier molecular flexibility index (Phi) is 9.55. The van der Waals surface area contributed by atoms with Gasteiger partial charge in [0.15, 0.2) is 6.61 Å². The number of rotatable bonds is 11. The largest absolute Gasteiger partial charge is 0.494 e. The van der Waals surface area contributed by atoms with E-state index in [1.54, 1.807) is 24.3 Å². The van der Waals surface area contributed by atoms with Gasteiger partial charge in [-0.05, 0) is 48.7 Å². The van der Waals surface area contributed by atoms with E-state index in [0.717, 1.165) is 30.5 Å². The summed E-state index contributed by atoms with van der Waals surface area (Å²) in [5, 5.41) is 2.81. The molecule has 2 amide bonds. The van der Waals surface area contributed by atoms with Crippen molar-refractivity contribution in [1.82, 2.24) is 4.90 Å². The van der Waals surface area contributed by atoms with Crippen molar-refractivity contribution in [3.63, 3.8) is 0 Å². The van der Waals surface area contributed by atoms with Crippen molar-refractivity contribution in [3.05, 3.63) is 59.7 Å². The second kappa shape index (κ2) is 12.4. The van der Waals surface area contributed by atoms with E-state index in [-0.39, 0.29) is 12.5 Å². The van der Waals surface area contributed by atoms with Crippen molar-refractivity contribution in [1.29, 1.82) is 0 Å². The first-order valence-electron chi connectivity index (χ1n) is 10.5. The fraction of sp³-hybridized carbons (Fsp3) is 0.375. The molecule has 0 fully saturated rings. The van der Waals surface area contributed by atoms with Crippen molar-refractivity contribution in [2.24, 2.45) is 0 Å². The first-order chi connectivity index (χ1) is 14.9. The van der Waals surface area contributed by atoms with Gasteiger partial charge in [-0.1, -0.05) is 38.5 Å². The van der Waals surface area contributed by atoms with Crippen LogP contribution in [0.15, 0.2) is 48.5 Å². The topological polar surface area (TPSA) is 84.9 Å². The summed E-state index contributed by atoms with van der Waals surface area (Å²) in [4.78, 5) is 37.9. The number of carbonyl (C=O) groups excluding carboxylic acids is 3. The van der Waals surface area contributed by atoms with Crippen LogP contribution in [0.25, 0.3) is 0 Å². The number of hydrogen-bond acceptors (Lipinski definition) is 5. The maximum Gasteiger partial charge on any atom is 0.338 e. The number of ether oxygens (including phenoxy) is 2. The number of unbranched alkanes of at least 4 members (excludes halogenated alkanes) is 1. The Morgan fingerprint density at radius 1 is 1.00 bits per heavy atom. The van der Waals surface area contributed by atoms with Gasteiger partial charge >= 0.3 is 5.97 Å². The number of anilines is 1. The normalized spacial score (nSPS) is 10.3. The Balaban J connectivity index is 1.79. The Morgan fingerprint density at radius 3 is 2.39 bits per heavy atom. The van der Waals surface area contributed by atoms with Crippen LogP contribution in [0.4, 0.5) is 5.69 Å². The van der Waals surface area contributed by atoms with Crippen LogP contribution in [0.5, 0.6) is 5.75 Å². The van der Waals surface area contributed by atoms with Gasteiger partial charge in [-0.2, -0.15) is 0 Å². The van der Waals surface area contributed by atoms with Gasteiger partial charge < -0.3 is 19.7 Å². The Labute approximate surface area is 183 Å². The molecule has 0 bridgehead atoms. The Morgan fingerprint density at radius 2 is 1.71 bits per heavy atom. The van der Waals surface area contributed by atoms with Gasteiger partial charge in [-0.3, -0.25) is 9.59 Å². The smallest absolute Gasteiger partial charge is 0.338 e. The number of nitrogens with one attached hydrogen (secondary N) is 1. The van der Waals surface area contributed by atoms with E-state index in [9.17, 15) is 14.4 Å². The molecule has 0 aromatic heterocycles. The molecule has 2 aromatic carbocycles. The average molecular weight is 427 g/mol. The molecule has 0 aliphatic heterocycles. The van der Waals surface area contributed by atoms with Crippen molar-refractivity contribution >= 4 is 23.5 Å². The summed E-state index contributed by atoms with van der Waals surface area (Å²) in [5.41, 5.74) is 2.07. The predicted octanol–water partition coefficient (Wildman–Crippen LogP) is 3.68. The highest BCUT2D eigenvalue weighted by atomic mass is 16.5. The molecule has 0 aliphatic carbocycles. The molecule has 2 aromatic rings. The number of aryl methyl sites for hydroxylation is 1. The average Bonchev–Trinajstić information content (AvgIpc) is 2.78. The third-order valence-corrected chi connectivity index (χ3v) is 4.66. The van der Waals surface area contributed by atoms with Crippen molar-refractivity contribution < 1.29 is 23.9 Å². The summed E-state index contributed by atoms with van der Waals surface area (Å²) in [5.74, 6) is -0.715. The van der Waals surface area contributed by atoms with Crippen LogP contribution in [0.2, 0.25) is 0 Å². The lowest BCUT2D eigenvalue weighted by molar-refractivity contribution is -0.136. The third kappa shape index (κ3) is 7.77. The molecule has 7 heteroatoms. The summed E-state index contributed by atoms with van der Waals surface area (Å²) in [7, 11) is 1.49. The number of para-hydroxylation sites is 1. The van der Waals surface area contributed by atoms with E-state index in [0.29, 0.717) is 17.9 Å². The molecule has 0 spiro atoms. The number of benzene rings is 2. The van der Waals surface area contributed by atoms with Gasteiger partial charge in [0.05, 0.1) is 18.7 Å². The van der Waals surface area contributed by atoms with Gasteiger partial charge in [0.25, 0.3) is 5.91 Å². The lowest BCUT2D eigenvalue weighted by Gasteiger charge is -2.17. The second-order valence-electron chi connectivity index (χ2n) is 7.11. The number of nitrogens with zero attached hydrogens (tertiary/aromatic N) is 1. The fourth-order valence-electron chi connectivity index (χ4n) is 2.79. The van der Waals surface area contributed by atoms with Gasteiger partial charge in [0, 0.05) is 12.7 Å². The zero-order valence-electron chi connectivity index (χ0n) is 18.3. The van der Waals surface area contributed by atoms with E-state index in [2.05, 4.69) is 12.2 Å². The molecule has 0 unspecified atom stereocenters. The first-order valence-corrected chi connectivity index (χ1v) is 10.5. The molecule has 0 saturated carbocycles. The van der Waals surface area contributed by atoms with Gasteiger partial charge in [-0.15, -0.1) is 0 Å². The van der Waals surface area contributed by atoms with Gasteiger partial charge in [-0.25, -0.2) is 4.79 Å². The molecule has 166 valence electrons. The third-order valence-electron chi connectivity index (χ3n) is 4.66. The van der Waals surface area contributed by atoms with E-state index >= 15 is 0 Å². The first kappa shape index (κ1) is 23.9. The van der Waals surface area contributed by atoms with Crippen LogP contribution in [-0.4, -0.2) is 49.5 Å². The molecular weight excluding hydrogens is 396 g/mol. The van der Waals surface area contributed by atoms with Crippen LogP contribution >= 0.6 is 0 Å². The SMILES string of the molecule is CCCCOc1ccc(C(=O)OCC(=O)N(C)CC(=O)Nc2ccccc2CC)cc1. The molecule has 7 nitrogen and oxygen atoms in total. The van der Waals surface area contributed by atoms with Crippen LogP contribution in [-0.2, 0) is 20.7 Å². The van der Waals surface area contributed by atoms with E-state index < -0.39 is 18.5 Å². The standard InChI is InChI=1S/C24H30N2O5/c1-4-6-15-30-20-13-11-19(12-14-20)24(29)31-17-23(28)26(3)16-22(27)25-21-10-8-7-9-18(21)5-2/h7-14H,4-6,15-17H2,1-3H3,(H,25,27). The monoisotopic (exact) mass is 426 g/mol. The summed E-state index contributed by atoms with van der Waals surface area (Å²) in [6.45, 7) is 4.13. The van der Waals surface area contributed by atoms with Crippen LogP contribution in [0, 0.1) is 0 Å². The second-order valence-corrected chi connectivity index (χ2v) is 7.11. The highest BCUT2D eigenvalue weighted by molar-refractivity contribution is 5.96. The van der Waals surface area contributed by atoms with Crippen molar-refractivity contribution in [2.75, 3.05) is 32.1 Å². The van der Waals surface area contributed by atoms with Gasteiger partial charge in [0.1, 0.15) is 5.75 Å². The Bertz CT molecular complexity index is 880. The highest BCUT2D eigenvalue weighted by Gasteiger charge is 2.16. The minimum atomic E-state index is -0.608. The highest BCUT2D eigenvalue weighted by Crippen LogP contribution is 2.15. The minimum absolute atomic E-state index is 0.141. The molecule has 0 heterocycles.